The van der Waals surface area contributed by atoms with Crippen molar-refractivity contribution in [2.24, 2.45) is 11.3 Å². The number of carboxylic acids is 1. The number of hydrogen-bond donors (Lipinski definition) is 1. The van der Waals surface area contributed by atoms with Crippen LogP contribution in [-0.4, -0.2) is 11.1 Å². The summed E-state index contributed by atoms with van der Waals surface area (Å²) in [6.07, 6.45) is 1.62. The van der Waals surface area contributed by atoms with Crippen molar-refractivity contribution in [3.05, 3.63) is 23.7 Å². The molecule has 2 rings (SSSR count). The highest BCUT2D eigenvalue weighted by Crippen LogP contribution is 2.64. The number of carbonyl (C=O) groups is 1. The predicted octanol–water partition coefficient (Wildman–Crippen LogP) is 2.41. The van der Waals surface area contributed by atoms with E-state index in [-0.39, 0.29) is 17.3 Å². The minimum atomic E-state index is -0.726. The van der Waals surface area contributed by atoms with Crippen LogP contribution in [0.2, 0.25) is 0 Å². The van der Waals surface area contributed by atoms with Crippen LogP contribution in [0.1, 0.15) is 31.1 Å². The average molecular weight is 194 g/mol. The number of aryl methyl sites for hydroxylation is 1. The first-order chi connectivity index (χ1) is 6.46. The van der Waals surface area contributed by atoms with E-state index >= 15 is 0 Å². The van der Waals surface area contributed by atoms with Gasteiger partial charge in [-0.1, -0.05) is 13.8 Å². The topological polar surface area (TPSA) is 50.4 Å². The molecule has 0 amide bonds. The molecule has 0 radical (unpaired) electrons. The minimum Gasteiger partial charge on any atom is -0.481 e. The molecule has 2 atom stereocenters. The summed E-state index contributed by atoms with van der Waals surface area (Å²) in [5.74, 6) is -0.152. The summed E-state index contributed by atoms with van der Waals surface area (Å²) in [4.78, 5) is 11.0. The highest BCUT2D eigenvalue weighted by molar-refractivity contribution is 5.77. The van der Waals surface area contributed by atoms with E-state index in [1.807, 2.05) is 26.8 Å². The Morgan fingerprint density at radius 2 is 2.21 bits per heavy atom. The molecule has 0 aromatic carbocycles. The van der Waals surface area contributed by atoms with Crippen LogP contribution in [0, 0.1) is 18.3 Å². The second-order valence-electron chi connectivity index (χ2n) is 4.58. The van der Waals surface area contributed by atoms with Gasteiger partial charge >= 0.3 is 5.97 Å². The van der Waals surface area contributed by atoms with E-state index in [0.717, 1.165) is 11.3 Å². The maximum Gasteiger partial charge on any atom is 0.307 e. The summed E-state index contributed by atoms with van der Waals surface area (Å²) in [6, 6.07) is 1.88. The van der Waals surface area contributed by atoms with Crippen molar-refractivity contribution >= 4 is 5.97 Å². The Morgan fingerprint density at radius 3 is 2.57 bits per heavy atom. The van der Waals surface area contributed by atoms with Crippen molar-refractivity contribution in [2.45, 2.75) is 26.7 Å². The lowest BCUT2D eigenvalue weighted by Gasteiger charge is -1.99. The standard InChI is InChI=1S/C11H14O3/c1-6-4-5-14-9(6)7-8(10(12)13)11(7,2)3/h4-5,7-8H,1-3H3,(H,12,13)/t7-,8-/m1/s1. The summed E-state index contributed by atoms with van der Waals surface area (Å²) in [5, 5.41) is 9.01. The van der Waals surface area contributed by atoms with E-state index in [0.29, 0.717) is 0 Å². The molecule has 1 saturated carbocycles. The fourth-order valence-electron chi connectivity index (χ4n) is 2.29. The molecule has 1 aromatic rings. The average Bonchev–Trinajstić information content (AvgIpc) is 2.42. The van der Waals surface area contributed by atoms with Crippen molar-refractivity contribution in [1.82, 2.24) is 0 Å². The van der Waals surface area contributed by atoms with E-state index in [2.05, 4.69) is 0 Å². The summed E-state index contributed by atoms with van der Waals surface area (Å²) < 4.78 is 5.34. The SMILES string of the molecule is Cc1ccoc1[C@H]1[C@H](C(=O)O)C1(C)C. The summed E-state index contributed by atoms with van der Waals surface area (Å²) in [6.45, 7) is 5.89. The van der Waals surface area contributed by atoms with Gasteiger partial charge in [-0.2, -0.15) is 0 Å². The molecule has 1 heterocycles. The van der Waals surface area contributed by atoms with Crippen LogP contribution in [0.3, 0.4) is 0 Å². The zero-order valence-corrected chi connectivity index (χ0v) is 8.57. The summed E-state index contributed by atoms with van der Waals surface area (Å²) >= 11 is 0. The molecule has 0 aliphatic heterocycles. The summed E-state index contributed by atoms with van der Waals surface area (Å²) in [7, 11) is 0. The van der Waals surface area contributed by atoms with Crippen molar-refractivity contribution in [1.29, 1.82) is 0 Å². The first-order valence-electron chi connectivity index (χ1n) is 4.73. The number of furan rings is 1. The van der Waals surface area contributed by atoms with Gasteiger partial charge in [-0.15, -0.1) is 0 Å². The fraction of sp³-hybridized carbons (Fsp3) is 0.545. The molecular weight excluding hydrogens is 180 g/mol. The zero-order valence-electron chi connectivity index (χ0n) is 8.57. The second-order valence-corrected chi connectivity index (χ2v) is 4.58. The van der Waals surface area contributed by atoms with Crippen LogP contribution in [0.4, 0.5) is 0 Å². The first-order valence-corrected chi connectivity index (χ1v) is 4.73. The Bertz CT molecular complexity index is 376. The van der Waals surface area contributed by atoms with E-state index < -0.39 is 5.97 Å². The van der Waals surface area contributed by atoms with Gasteiger partial charge in [-0.05, 0) is 24.0 Å². The number of hydrogen-bond acceptors (Lipinski definition) is 2. The third-order valence-corrected chi connectivity index (χ3v) is 3.28. The van der Waals surface area contributed by atoms with Crippen LogP contribution in [0.15, 0.2) is 16.7 Å². The van der Waals surface area contributed by atoms with Crippen LogP contribution < -0.4 is 0 Å². The third-order valence-electron chi connectivity index (χ3n) is 3.28. The molecule has 0 saturated heterocycles. The lowest BCUT2D eigenvalue weighted by atomic mass is 10.1. The number of carboxylic acid groups (broad SMARTS) is 1. The van der Waals surface area contributed by atoms with Gasteiger partial charge in [0, 0.05) is 5.92 Å². The largest absolute Gasteiger partial charge is 0.481 e. The Kier molecular flexibility index (Phi) is 1.74. The van der Waals surface area contributed by atoms with E-state index in [9.17, 15) is 4.79 Å². The molecule has 1 aromatic heterocycles. The smallest absolute Gasteiger partial charge is 0.307 e. The van der Waals surface area contributed by atoms with Gasteiger partial charge in [0.05, 0.1) is 12.2 Å². The molecular formula is C11H14O3. The Balaban J connectivity index is 2.32. The molecule has 1 fully saturated rings. The molecule has 14 heavy (non-hydrogen) atoms. The van der Waals surface area contributed by atoms with Gasteiger partial charge in [-0.3, -0.25) is 4.79 Å². The van der Waals surface area contributed by atoms with Gasteiger partial charge in [0.1, 0.15) is 5.76 Å². The molecule has 3 nitrogen and oxygen atoms in total. The van der Waals surface area contributed by atoms with E-state index in [1.54, 1.807) is 6.26 Å². The molecule has 0 bridgehead atoms. The summed E-state index contributed by atoms with van der Waals surface area (Å²) in [5.41, 5.74) is 0.876. The Labute approximate surface area is 82.7 Å². The fourth-order valence-corrected chi connectivity index (χ4v) is 2.29. The maximum absolute atomic E-state index is 11.0. The third kappa shape index (κ3) is 1.08. The maximum atomic E-state index is 11.0. The van der Waals surface area contributed by atoms with Crippen LogP contribution in [0.25, 0.3) is 0 Å². The van der Waals surface area contributed by atoms with Crippen LogP contribution in [-0.2, 0) is 4.79 Å². The van der Waals surface area contributed by atoms with E-state index in [1.165, 1.54) is 0 Å². The van der Waals surface area contributed by atoms with E-state index in [4.69, 9.17) is 9.52 Å². The predicted molar refractivity (Wildman–Crippen MR) is 51.1 cm³/mol. The van der Waals surface area contributed by atoms with Crippen molar-refractivity contribution < 1.29 is 14.3 Å². The van der Waals surface area contributed by atoms with Crippen molar-refractivity contribution in [3.63, 3.8) is 0 Å². The molecule has 1 aliphatic rings. The molecule has 0 spiro atoms. The van der Waals surface area contributed by atoms with Crippen molar-refractivity contribution in [3.8, 4) is 0 Å². The number of rotatable bonds is 2. The van der Waals surface area contributed by atoms with Crippen LogP contribution >= 0.6 is 0 Å². The van der Waals surface area contributed by atoms with Crippen LogP contribution in [0.5, 0.6) is 0 Å². The zero-order chi connectivity index (χ0) is 10.5. The number of aliphatic carboxylic acids is 1. The lowest BCUT2D eigenvalue weighted by molar-refractivity contribution is -0.139. The second kappa shape index (κ2) is 2.62. The van der Waals surface area contributed by atoms with Gasteiger partial charge in [0.2, 0.25) is 0 Å². The molecule has 0 unspecified atom stereocenters. The Hall–Kier alpha value is -1.25. The Morgan fingerprint density at radius 1 is 1.57 bits per heavy atom. The molecule has 1 N–H and O–H groups in total. The van der Waals surface area contributed by atoms with Gasteiger partial charge in [0.25, 0.3) is 0 Å². The molecule has 1 aliphatic carbocycles. The molecule has 76 valence electrons. The lowest BCUT2D eigenvalue weighted by Crippen LogP contribution is -2.03. The first kappa shape index (κ1) is 9.31. The monoisotopic (exact) mass is 194 g/mol. The minimum absolute atomic E-state index is 0.0370. The van der Waals surface area contributed by atoms with Gasteiger partial charge in [-0.25, -0.2) is 0 Å². The highest BCUT2D eigenvalue weighted by atomic mass is 16.4. The quantitative estimate of drug-likeness (QED) is 0.786. The molecule has 3 heteroatoms. The van der Waals surface area contributed by atoms with Crippen molar-refractivity contribution in [2.75, 3.05) is 0 Å². The van der Waals surface area contributed by atoms with Gasteiger partial charge in [0.15, 0.2) is 0 Å². The highest BCUT2D eigenvalue weighted by Gasteiger charge is 2.64. The normalized spacial score (nSPS) is 28.8. The van der Waals surface area contributed by atoms with Gasteiger partial charge < -0.3 is 9.52 Å².